The Balaban J connectivity index is 1.86. The van der Waals surface area contributed by atoms with E-state index in [0.717, 1.165) is 23.2 Å². The third-order valence-electron chi connectivity index (χ3n) is 2.60. The monoisotopic (exact) mass is 226 g/mol. The van der Waals surface area contributed by atoms with Gasteiger partial charge >= 0.3 is 0 Å². The number of piperidine rings is 1. The Labute approximate surface area is 94.7 Å². The zero-order valence-electron chi connectivity index (χ0n) is 9.20. The van der Waals surface area contributed by atoms with Gasteiger partial charge in [-0.15, -0.1) is 10.2 Å². The molecule has 1 aliphatic rings. The topological polar surface area (TPSA) is 41.1 Å². The highest BCUT2D eigenvalue weighted by molar-refractivity contribution is 7.15. The lowest BCUT2D eigenvalue weighted by atomic mass is 10.1. The van der Waals surface area contributed by atoms with Gasteiger partial charge in [-0.1, -0.05) is 17.8 Å². The molecule has 0 aromatic carbocycles. The van der Waals surface area contributed by atoms with Crippen LogP contribution < -0.4 is 5.32 Å². The quantitative estimate of drug-likeness (QED) is 0.852. The Bertz CT molecular complexity index is 293. The molecule has 15 heavy (non-hydrogen) atoms. The van der Waals surface area contributed by atoms with E-state index >= 15 is 0 Å². The summed E-state index contributed by atoms with van der Waals surface area (Å²) in [6.45, 7) is 6.40. The average molecular weight is 226 g/mol. The molecule has 2 rings (SSSR count). The van der Waals surface area contributed by atoms with Crippen molar-refractivity contribution in [2.75, 3.05) is 25.0 Å². The van der Waals surface area contributed by atoms with Gasteiger partial charge in [0.25, 0.3) is 0 Å². The minimum absolute atomic E-state index is 0.915. The molecular weight excluding hydrogens is 208 g/mol. The zero-order valence-corrected chi connectivity index (χ0v) is 10.0. The van der Waals surface area contributed by atoms with E-state index in [0.29, 0.717) is 0 Å². The van der Waals surface area contributed by atoms with Crippen LogP contribution in [0.5, 0.6) is 0 Å². The fourth-order valence-electron chi connectivity index (χ4n) is 1.85. The molecule has 1 saturated heterocycles. The number of nitrogens with zero attached hydrogens (tertiary/aromatic N) is 3. The fourth-order valence-corrected chi connectivity index (χ4v) is 2.70. The molecule has 0 spiro atoms. The van der Waals surface area contributed by atoms with Crippen LogP contribution in [0.1, 0.15) is 31.2 Å². The Kier molecular flexibility index (Phi) is 3.91. The molecule has 5 heteroatoms. The van der Waals surface area contributed by atoms with Crippen molar-refractivity contribution in [2.24, 2.45) is 0 Å². The minimum Gasteiger partial charge on any atom is -0.360 e. The molecule has 1 N–H and O–H groups in total. The predicted molar refractivity (Wildman–Crippen MR) is 63.2 cm³/mol. The van der Waals surface area contributed by atoms with E-state index in [9.17, 15) is 0 Å². The Morgan fingerprint density at radius 2 is 2.07 bits per heavy atom. The molecular formula is C10H18N4S. The van der Waals surface area contributed by atoms with Gasteiger partial charge in [-0.25, -0.2) is 0 Å². The Hall–Kier alpha value is -0.680. The second kappa shape index (κ2) is 5.42. The molecule has 1 aromatic rings. The van der Waals surface area contributed by atoms with Crippen LogP contribution in [0.2, 0.25) is 0 Å². The first-order valence-corrected chi connectivity index (χ1v) is 6.48. The van der Waals surface area contributed by atoms with Crippen molar-refractivity contribution in [3.63, 3.8) is 0 Å². The maximum absolute atomic E-state index is 4.19. The van der Waals surface area contributed by atoms with Gasteiger partial charge in [-0.2, -0.15) is 0 Å². The van der Waals surface area contributed by atoms with Crippen molar-refractivity contribution in [3.05, 3.63) is 5.01 Å². The highest BCUT2D eigenvalue weighted by Crippen LogP contribution is 2.18. The zero-order chi connectivity index (χ0) is 10.5. The molecule has 4 nitrogen and oxygen atoms in total. The summed E-state index contributed by atoms with van der Waals surface area (Å²) in [5.41, 5.74) is 0. The van der Waals surface area contributed by atoms with Crippen molar-refractivity contribution in [2.45, 2.75) is 32.7 Å². The van der Waals surface area contributed by atoms with Crippen LogP contribution >= 0.6 is 11.3 Å². The second-order valence-electron chi connectivity index (χ2n) is 3.87. The molecule has 0 unspecified atom stereocenters. The fraction of sp³-hybridized carbons (Fsp3) is 0.800. The van der Waals surface area contributed by atoms with Crippen LogP contribution in [0.4, 0.5) is 5.13 Å². The van der Waals surface area contributed by atoms with E-state index in [-0.39, 0.29) is 0 Å². The highest BCUT2D eigenvalue weighted by atomic mass is 32.1. The summed E-state index contributed by atoms with van der Waals surface area (Å²) in [7, 11) is 0. The van der Waals surface area contributed by atoms with Crippen LogP contribution in [-0.2, 0) is 6.54 Å². The maximum atomic E-state index is 4.19. The number of rotatable bonds is 4. The first-order chi connectivity index (χ1) is 7.38. The van der Waals surface area contributed by atoms with Crippen molar-refractivity contribution in [1.82, 2.24) is 15.1 Å². The highest BCUT2D eigenvalue weighted by Gasteiger charge is 2.12. The van der Waals surface area contributed by atoms with Crippen LogP contribution in [0, 0.1) is 0 Å². The van der Waals surface area contributed by atoms with Gasteiger partial charge in [0, 0.05) is 6.54 Å². The first-order valence-electron chi connectivity index (χ1n) is 5.67. The molecule has 0 saturated carbocycles. The molecule has 0 amide bonds. The number of anilines is 1. The lowest BCUT2D eigenvalue weighted by molar-refractivity contribution is 0.220. The van der Waals surface area contributed by atoms with Gasteiger partial charge in [0.1, 0.15) is 5.01 Å². The molecule has 2 heterocycles. The smallest absolute Gasteiger partial charge is 0.205 e. The maximum Gasteiger partial charge on any atom is 0.205 e. The lowest BCUT2D eigenvalue weighted by Crippen LogP contribution is -2.28. The molecule has 1 aliphatic heterocycles. The number of hydrogen-bond acceptors (Lipinski definition) is 5. The molecule has 0 bridgehead atoms. The molecule has 84 valence electrons. The lowest BCUT2D eigenvalue weighted by Gasteiger charge is -2.24. The van der Waals surface area contributed by atoms with Crippen molar-refractivity contribution >= 4 is 16.5 Å². The van der Waals surface area contributed by atoms with Crippen molar-refractivity contribution < 1.29 is 0 Å². The van der Waals surface area contributed by atoms with Gasteiger partial charge < -0.3 is 5.32 Å². The molecule has 0 radical (unpaired) electrons. The SMILES string of the molecule is CCNc1nnc(CN2CCCCC2)s1. The summed E-state index contributed by atoms with van der Waals surface area (Å²) in [4.78, 5) is 2.47. The van der Waals surface area contributed by atoms with Gasteiger partial charge in [-0.05, 0) is 32.9 Å². The number of aromatic nitrogens is 2. The normalized spacial score (nSPS) is 17.9. The van der Waals surface area contributed by atoms with E-state index < -0.39 is 0 Å². The van der Waals surface area contributed by atoms with E-state index in [1.807, 2.05) is 0 Å². The van der Waals surface area contributed by atoms with Crippen LogP contribution in [-0.4, -0.2) is 34.7 Å². The van der Waals surface area contributed by atoms with E-state index in [2.05, 4.69) is 27.3 Å². The average Bonchev–Trinajstić information content (AvgIpc) is 2.68. The first kappa shape index (κ1) is 10.8. The van der Waals surface area contributed by atoms with Crippen LogP contribution in [0.3, 0.4) is 0 Å². The van der Waals surface area contributed by atoms with Gasteiger partial charge in [-0.3, -0.25) is 4.90 Å². The minimum atomic E-state index is 0.915. The predicted octanol–water partition coefficient (Wildman–Crippen LogP) is 1.96. The van der Waals surface area contributed by atoms with Gasteiger partial charge in [0.05, 0.1) is 6.54 Å². The summed E-state index contributed by atoms with van der Waals surface area (Å²) in [5, 5.41) is 13.6. The van der Waals surface area contributed by atoms with Crippen LogP contribution in [0.15, 0.2) is 0 Å². The van der Waals surface area contributed by atoms with Crippen molar-refractivity contribution in [3.8, 4) is 0 Å². The van der Waals surface area contributed by atoms with E-state index in [4.69, 9.17) is 0 Å². The van der Waals surface area contributed by atoms with E-state index in [1.54, 1.807) is 11.3 Å². The molecule has 1 fully saturated rings. The number of nitrogens with one attached hydrogen (secondary N) is 1. The third-order valence-corrected chi connectivity index (χ3v) is 3.47. The molecule has 0 atom stereocenters. The summed E-state index contributed by atoms with van der Waals surface area (Å²) in [6, 6.07) is 0. The molecule has 1 aromatic heterocycles. The van der Waals surface area contributed by atoms with Crippen LogP contribution in [0.25, 0.3) is 0 Å². The Morgan fingerprint density at radius 3 is 2.80 bits per heavy atom. The van der Waals surface area contributed by atoms with Gasteiger partial charge in [0.2, 0.25) is 5.13 Å². The summed E-state index contributed by atoms with van der Waals surface area (Å²) in [5.74, 6) is 0. The summed E-state index contributed by atoms with van der Waals surface area (Å²) < 4.78 is 0. The second-order valence-corrected chi connectivity index (χ2v) is 4.93. The standard InChI is InChI=1S/C10H18N4S/c1-2-11-10-13-12-9(15-10)8-14-6-4-3-5-7-14/h2-8H2,1H3,(H,11,13). The third kappa shape index (κ3) is 3.14. The van der Waals surface area contributed by atoms with E-state index in [1.165, 1.54) is 32.4 Å². The Morgan fingerprint density at radius 1 is 1.27 bits per heavy atom. The summed E-state index contributed by atoms with van der Waals surface area (Å²) in [6.07, 6.45) is 4.05. The van der Waals surface area contributed by atoms with Gasteiger partial charge in [0.15, 0.2) is 0 Å². The number of likely N-dealkylation sites (tertiary alicyclic amines) is 1. The largest absolute Gasteiger partial charge is 0.360 e. The number of hydrogen-bond donors (Lipinski definition) is 1. The summed E-state index contributed by atoms with van der Waals surface area (Å²) >= 11 is 1.68. The van der Waals surface area contributed by atoms with Crippen molar-refractivity contribution in [1.29, 1.82) is 0 Å². The molecule has 0 aliphatic carbocycles.